The van der Waals surface area contributed by atoms with Crippen molar-refractivity contribution in [1.29, 1.82) is 0 Å². The van der Waals surface area contributed by atoms with Crippen molar-refractivity contribution in [1.82, 2.24) is 9.80 Å². The fourth-order valence-electron chi connectivity index (χ4n) is 4.22. The lowest BCUT2D eigenvalue weighted by molar-refractivity contribution is -0.136. The summed E-state index contributed by atoms with van der Waals surface area (Å²) < 4.78 is 24.7. The van der Waals surface area contributed by atoms with Gasteiger partial charge in [0, 0.05) is 29.1 Å². The topological polar surface area (TPSA) is 59.1 Å². The molecule has 3 aromatic rings. The van der Waals surface area contributed by atoms with Gasteiger partial charge < -0.3 is 19.3 Å². The van der Waals surface area contributed by atoms with Crippen LogP contribution in [-0.4, -0.2) is 54.5 Å². The van der Waals surface area contributed by atoms with Crippen LogP contribution in [0.4, 0.5) is 4.39 Å². The Kier molecular flexibility index (Phi) is 7.70. The number of ether oxygens (including phenoxy) is 2. The van der Waals surface area contributed by atoms with Crippen LogP contribution in [-0.2, 0) is 11.2 Å². The Labute approximate surface area is 208 Å². The van der Waals surface area contributed by atoms with Crippen LogP contribution in [0.15, 0.2) is 60.0 Å². The number of carbonyl (C=O) groups is 2. The van der Waals surface area contributed by atoms with Crippen molar-refractivity contribution in [3.8, 4) is 11.5 Å². The van der Waals surface area contributed by atoms with E-state index in [1.165, 1.54) is 34.0 Å². The monoisotopic (exact) mass is 496 g/mol. The third-order valence-electron chi connectivity index (χ3n) is 6.15. The zero-order chi connectivity index (χ0) is 24.9. The predicted molar refractivity (Wildman–Crippen MR) is 134 cm³/mol. The van der Waals surface area contributed by atoms with Crippen LogP contribution in [0, 0.1) is 5.82 Å². The summed E-state index contributed by atoms with van der Waals surface area (Å²) in [7, 11) is 1.60. The number of thiophene rings is 1. The summed E-state index contributed by atoms with van der Waals surface area (Å²) in [6, 6.07) is 14.3. The number of amides is 2. The summed E-state index contributed by atoms with van der Waals surface area (Å²) in [5.41, 5.74) is 1.43. The van der Waals surface area contributed by atoms with Gasteiger partial charge in [-0.15, -0.1) is 11.3 Å². The number of carbonyl (C=O) groups excluding carboxylic acids is 2. The van der Waals surface area contributed by atoms with Gasteiger partial charge in [-0.1, -0.05) is 6.07 Å². The van der Waals surface area contributed by atoms with Gasteiger partial charge in [0.1, 0.15) is 30.5 Å². The molecule has 1 aliphatic rings. The molecule has 6 nitrogen and oxygen atoms in total. The summed E-state index contributed by atoms with van der Waals surface area (Å²) in [4.78, 5) is 31.3. The van der Waals surface area contributed by atoms with Gasteiger partial charge in [-0.25, -0.2) is 4.39 Å². The maximum Gasteiger partial charge on any atom is 0.254 e. The van der Waals surface area contributed by atoms with E-state index in [0.717, 1.165) is 12.0 Å². The number of halogens is 1. The molecule has 0 aliphatic carbocycles. The van der Waals surface area contributed by atoms with Gasteiger partial charge in [0.15, 0.2) is 0 Å². The Bertz CT molecular complexity index is 1180. The predicted octanol–water partition coefficient (Wildman–Crippen LogP) is 4.95. The van der Waals surface area contributed by atoms with E-state index in [-0.39, 0.29) is 37.0 Å². The maximum absolute atomic E-state index is 13.6. The first kappa shape index (κ1) is 24.7. The Morgan fingerprint density at radius 3 is 2.60 bits per heavy atom. The molecular weight excluding hydrogens is 467 g/mol. The molecule has 0 saturated heterocycles. The van der Waals surface area contributed by atoms with E-state index in [1.54, 1.807) is 18.4 Å². The van der Waals surface area contributed by atoms with E-state index in [1.807, 2.05) is 54.5 Å². The summed E-state index contributed by atoms with van der Waals surface area (Å²) >= 11 is 1.68. The van der Waals surface area contributed by atoms with Crippen molar-refractivity contribution < 1.29 is 23.5 Å². The third-order valence-corrected chi connectivity index (χ3v) is 7.14. The second-order valence-corrected chi connectivity index (χ2v) is 9.68. The SMILES string of the molecule is COc1cccc(OC[C@H]2c3ccsc3CCN2C(=O)CN(C(=O)c2ccc(F)cc2)C(C)C)c1. The van der Waals surface area contributed by atoms with Gasteiger partial charge >= 0.3 is 0 Å². The molecule has 1 aliphatic heterocycles. The lowest BCUT2D eigenvalue weighted by Gasteiger charge is -2.37. The second-order valence-electron chi connectivity index (χ2n) is 8.68. The van der Waals surface area contributed by atoms with Gasteiger partial charge in [-0.2, -0.15) is 0 Å². The fraction of sp³-hybridized carbons (Fsp3) is 0.333. The van der Waals surface area contributed by atoms with Crippen molar-refractivity contribution in [2.24, 2.45) is 0 Å². The number of methoxy groups -OCH3 is 1. The average molecular weight is 497 g/mol. The van der Waals surface area contributed by atoms with Crippen LogP contribution in [0.25, 0.3) is 0 Å². The quantitative estimate of drug-likeness (QED) is 0.443. The highest BCUT2D eigenvalue weighted by atomic mass is 32.1. The number of rotatable bonds is 8. The molecule has 8 heteroatoms. The molecule has 2 amide bonds. The van der Waals surface area contributed by atoms with E-state index in [9.17, 15) is 14.0 Å². The van der Waals surface area contributed by atoms with Gasteiger partial charge in [-0.05, 0) is 73.7 Å². The minimum absolute atomic E-state index is 0.0665. The standard InChI is InChI=1S/C27H29FN2O4S/c1-18(2)30(27(32)19-7-9-20(28)10-8-19)16-26(31)29-13-11-25-23(12-14-35-25)24(29)17-34-22-6-4-5-21(15-22)33-3/h4-10,12,14-15,18,24H,11,13,16-17H2,1-3H3/t24-/m0/s1. The first-order chi connectivity index (χ1) is 16.9. The fourth-order valence-corrected chi connectivity index (χ4v) is 5.15. The van der Waals surface area contributed by atoms with Gasteiger partial charge in [0.05, 0.1) is 13.2 Å². The van der Waals surface area contributed by atoms with Crippen molar-refractivity contribution in [2.75, 3.05) is 26.8 Å². The highest BCUT2D eigenvalue weighted by molar-refractivity contribution is 7.10. The zero-order valence-electron chi connectivity index (χ0n) is 20.1. The number of hydrogen-bond donors (Lipinski definition) is 0. The molecule has 0 spiro atoms. The lowest BCUT2D eigenvalue weighted by atomic mass is 10.00. The highest BCUT2D eigenvalue weighted by Crippen LogP contribution is 2.34. The number of nitrogens with zero attached hydrogens (tertiary/aromatic N) is 2. The summed E-state index contributed by atoms with van der Waals surface area (Å²) in [6.45, 7) is 4.50. The molecular formula is C27H29FN2O4S. The Morgan fingerprint density at radius 1 is 1.14 bits per heavy atom. The van der Waals surface area contributed by atoms with Gasteiger partial charge in [-0.3, -0.25) is 9.59 Å². The first-order valence-corrected chi connectivity index (χ1v) is 12.4. The van der Waals surface area contributed by atoms with Crippen molar-refractivity contribution >= 4 is 23.2 Å². The third kappa shape index (κ3) is 5.65. The number of fused-ring (bicyclic) bond motifs is 1. The van der Waals surface area contributed by atoms with E-state index < -0.39 is 5.82 Å². The Hall–Kier alpha value is -3.39. The van der Waals surface area contributed by atoms with Crippen LogP contribution in [0.5, 0.6) is 11.5 Å². The Balaban J connectivity index is 1.52. The smallest absolute Gasteiger partial charge is 0.254 e. The molecule has 184 valence electrons. The molecule has 4 rings (SSSR count). The summed E-state index contributed by atoms with van der Waals surface area (Å²) in [5.74, 6) is 0.500. The second kappa shape index (κ2) is 10.9. The largest absolute Gasteiger partial charge is 0.497 e. The molecule has 0 N–H and O–H groups in total. The zero-order valence-corrected chi connectivity index (χ0v) is 20.9. The van der Waals surface area contributed by atoms with E-state index in [2.05, 4.69) is 0 Å². The normalized spacial score (nSPS) is 15.0. The van der Waals surface area contributed by atoms with Crippen LogP contribution in [0.2, 0.25) is 0 Å². The minimum Gasteiger partial charge on any atom is -0.497 e. The van der Waals surface area contributed by atoms with Crippen molar-refractivity contribution in [3.05, 3.63) is 81.8 Å². The lowest BCUT2D eigenvalue weighted by Crippen LogP contribution is -2.49. The molecule has 0 fully saturated rings. The minimum atomic E-state index is -0.410. The van der Waals surface area contributed by atoms with Gasteiger partial charge in [0.25, 0.3) is 5.91 Å². The van der Waals surface area contributed by atoms with E-state index in [4.69, 9.17) is 9.47 Å². The molecule has 2 heterocycles. The number of benzene rings is 2. The molecule has 1 aromatic heterocycles. The molecule has 1 atom stereocenters. The van der Waals surface area contributed by atoms with Crippen LogP contribution < -0.4 is 9.47 Å². The van der Waals surface area contributed by atoms with Crippen molar-refractivity contribution in [3.63, 3.8) is 0 Å². The molecule has 2 aromatic carbocycles. The Morgan fingerprint density at radius 2 is 1.89 bits per heavy atom. The van der Waals surface area contributed by atoms with Crippen LogP contribution in [0.1, 0.15) is 40.7 Å². The maximum atomic E-state index is 13.6. The van der Waals surface area contributed by atoms with E-state index in [0.29, 0.717) is 23.6 Å². The molecule has 0 bridgehead atoms. The summed E-state index contributed by atoms with van der Waals surface area (Å²) in [5, 5.41) is 2.04. The van der Waals surface area contributed by atoms with Crippen molar-refractivity contribution in [2.45, 2.75) is 32.4 Å². The first-order valence-electron chi connectivity index (χ1n) is 11.6. The average Bonchev–Trinajstić information content (AvgIpc) is 3.35. The molecule has 0 unspecified atom stereocenters. The van der Waals surface area contributed by atoms with E-state index >= 15 is 0 Å². The van der Waals surface area contributed by atoms with Crippen LogP contribution in [0.3, 0.4) is 0 Å². The highest BCUT2D eigenvalue weighted by Gasteiger charge is 2.34. The van der Waals surface area contributed by atoms with Gasteiger partial charge in [0.2, 0.25) is 5.91 Å². The molecule has 35 heavy (non-hydrogen) atoms. The molecule has 0 saturated carbocycles. The number of hydrogen-bond acceptors (Lipinski definition) is 5. The van der Waals surface area contributed by atoms with Crippen LogP contribution >= 0.6 is 11.3 Å². The molecule has 0 radical (unpaired) electrons. The summed E-state index contributed by atoms with van der Waals surface area (Å²) in [6.07, 6.45) is 0.766.